The van der Waals surface area contributed by atoms with Crippen LogP contribution in [0.5, 0.6) is 0 Å². The fourth-order valence-corrected chi connectivity index (χ4v) is 10.4. The number of halogens is 2. The quantitative estimate of drug-likeness (QED) is 0.0211. The number of furan rings is 1. The number of hydrogen-bond donors (Lipinski definition) is 10. The number of carboxylic acid groups (broad SMARTS) is 2. The lowest BCUT2D eigenvalue weighted by molar-refractivity contribution is -0.143. The molecule has 522 valence electrons. The number of nitrogens with two attached hydrogens (primary N) is 2. The summed E-state index contributed by atoms with van der Waals surface area (Å²) in [6, 6.07) is 4.95. The van der Waals surface area contributed by atoms with Crippen LogP contribution in [0, 0.1) is 19.7 Å². The third-order valence-corrected chi connectivity index (χ3v) is 14.9. The van der Waals surface area contributed by atoms with E-state index >= 15 is 0 Å². The lowest BCUT2D eigenvalue weighted by Crippen LogP contribution is -2.47. The largest absolute Gasteiger partial charge is 0.480 e. The zero-order valence-corrected chi connectivity index (χ0v) is 56.6. The third-order valence-electron chi connectivity index (χ3n) is 14.2. The average Bonchev–Trinajstić information content (AvgIpc) is 1.78. The number of fused-ring (bicyclic) bond motifs is 2. The highest BCUT2D eigenvalue weighted by Crippen LogP contribution is 2.38. The summed E-state index contributed by atoms with van der Waals surface area (Å²) in [5.74, 6) is -2.35. The van der Waals surface area contributed by atoms with E-state index in [1.807, 2.05) is 26.8 Å². The number of amides is 3. The van der Waals surface area contributed by atoms with Crippen LogP contribution in [0.25, 0.3) is 31.5 Å². The van der Waals surface area contributed by atoms with Gasteiger partial charge in [0.05, 0.1) is 50.2 Å². The van der Waals surface area contributed by atoms with Crippen molar-refractivity contribution in [3.63, 3.8) is 0 Å². The molecule has 4 aliphatic heterocycles. The maximum atomic E-state index is 13.2. The number of nitrogens with one attached hydrogen (secondary N) is 6. The van der Waals surface area contributed by atoms with Crippen LogP contribution in [0.15, 0.2) is 62.6 Å². The number of rotatable bonds is 17. The Balaban J connectivity index is 0.000000302. The smallest absolute Gasteiger partial charge is 0.408 e. The normalized spacial score (nSPS) is 15.8. The second-order valence-corrected chi connectivity index (χ2v) is 24.5. The highest BCUT2D eigenvalue weighted by molar-refractivity contribution is 6.38. The average molecular weight is 1380 g/mol. The summed E-state index contributed by atoms with van der Waals surface area (Å²) in [6.07, 6.45) is 6.76. The topological polar surface area (TPSA) is 397 Å². The number of carbonyl (C=O) groups excluding carboxylic acids is 5. The number of aliphatic imine (C=N–C) groups is 3. The molecule has 1 aromatic heterocycles. The monoisotopic (exact) mass is 1380 g/mol. The van der Waals surface area contributed by atoms with Crippen molar-refractivity contribution in [2.75, 3.05) is 86.2 Å². The molecule has 3 fully saturated rings. The van der Waals surface area contributed by atoms with Gasteiger partial charge in [-0.2, -0.15) is 34.6 Å². The number of nitrogens with zero attached hydrogens (tertiary/aromatic N) is 10. The highest BCUT2D eigenvalue weighted by atomic mass is 35.5. The number of guanidine groups is 3. The summed E-state index contributed by atoms with van der Waals surface area (Å²) in [5.41, 5.74) is 20.4. The van der Waals surface area contributed by atoms with Crippen molar-refractivity contribution >= 4 is 99.7 Å². The van der Waals surface area contributed by atoms with E-state index in [0.717, 1.165) is 94.3 Å². The number of ether oxygens (including phenoxy) is 4. The van der Waals surface area contributed by atoms with Crippen molar-refractivity contribution < 1.29 is 67.1 Å². The van der Waals surface area contributed by atoms with Gasteiger partial charge in [-0.25, -0.2) is 38.9 Å². The Morgan fingerprint density at radius 1 is 0.656 bits per heavy atom. The number of aliphatic carboxylic acids is 2. The summed E-state index contributed by atoms with van der Waals surface area (Å²) in [4.78, 5) is 111. The molecule has 0 spiro atoms. The van der Waals surface area contributed by atoms with Gasteiger partial charge in [-0.1, -0.05) is 52.1 Å². The first-order valence-electron chi connectivity index (χ1n) is 30.5. The summed E-state index contributed by atoms with van der Waals surface area (Å²) in [6.45, 7) is 40.5. The fourth-order valence-electron chi connectivity index (χ4n) is 9.60. The molecule has 3 amide bonds. The summed E-state index contributed by atoms with van der Waals surface area (Å²) < 4.78 is 24.6. The van der Waals surface area contributed by atoms with E-state index in [9.17, 15) is 38.7 Å². The highest BCUT2D eigenvalue weighted by Gasteiger charge is 2.31. The minimum absolute atomic E-state index is 0.0553. The van der Waals surface area contributed by atoms with Crippen LogP contribution in [0.4, 0.5) is 9.59 Å². The first-order chi connectivity index (χ1) is 45.5. The standard InChI is InChI=1S/C29H28Cl2N6O4.C15H25N5O4.C10H17N5O2.C8H16N2O4/c1-17(34-23(28(39)40)15-33-29(35-32-2)36-9-3-4-10-36)25-22(30)13-20-16-37(11-7-21(20)26(25)31)27(38)19-6-5-18-8-12-41-24(18)14-19;1-15(2,3)24-14(22)18-11(12(21)23-5)10-17-13(19-16-4)20-8-6-7-9-20;1-12-14-10(15-5-3-4-6-15)13-7-8(11)9(16)17-2;1-8(2,3)14-7(13)10-5(4-9)6(11)12/h5-6,8,12-14,23,34H,1,3-4,7,9-11,15-16H2,(H,33,35)(H,39,40);11H,6-10H2,1-3,5H3,(H,17,19)(H,18,22);8H,3-7,11H2,2H3,(H,13,14);5H,4,9H2,1-3H3,(H,10,13)(H,11,12)/t23-;11-;8-;5-/m0000/s1. The predicted molar refractivity (Wildman–Crippen MR) is 358 cm³/mol. The predicted octanol–water partition coefficient (Wildman–Crippen LogP) is 5.04. The molecular formula is C62H86Cl2N18O14. The first-order valence-corrected chi connectivity index (χ1v) is 31.3. The van der Waals surface area contributed by atoms with E-state index in [2.05, 4.69) is 78.1 Å². The second kappa shape index (κ2) is 38.5. The van der Waals surface area contributed by atoms with Crippen LogP contribution in [0.2, 0.25) is 10.0 Å². The Hall–Kier alpha value is -9.81. The van der Waals surface area contributed by atoms with E-state index in [0.29, 0.717) is 59.1 Å². The zero-order chi connectivity index (χ0) is 71.3. The Morgan fingerprint density at radius 2 is 1.11 bits per heavy atom. The van der Waals surface area contributed by atoms with E-state index in [1.54, 1.807) is 70.9 Å². The van der Waals surface area contributed by atoms with E-state index < -0.39 is 71.4 Å². The molecule has 0 unspecified atom stereocenters. The Morgan fingerprint density at radius 3 is 1.55 bits per heavy atom. The molecule has 4 atom stereocenters. The molecule has 2 aromatic carbocycles. The Labute approximate surface area is 567 Å². The number of likely N-dealkylation sites (tertiary alicyclic amines) is 3. The Kier molecular flexibility index (Phi) is 31.6. The Bertz CT molecular complexity index is 3420. The van der Waals surface area contributed by atoms with Crippen LogP contribution in [-0.4, -0.2) is 211 Å². The van der Waals surface area contributed by atoms with Gasteiger partial charge in [0.2, 0.25) is 0 Å². The number of hydrogen-bond acceptors (Lipinski definition) is 18. The summed E-state index contributed by atoms with van der Waals surface area (Å²) in [7, 11) is 2.51. The van der Waals surface area contributed by atoms with Crippen molar-refractivity contribution in [2.24, 2.45) is 26.4 Å². The van der Waals surface area contributed by atoms with Crippen molar-refractivity contribution in [2.45, 2.75) is 128 Å². The molecule has 32 nitrogen and oxygen atoms in total. The van der Waals surface area contributed by atoms with Gasteiger partial charge >= 0.3 is 36.1 Å². The number of carboxylic acids is 2. The van der Waals surface area contributed by atoms with Gasteiger partial charge in [-0.3, -0.25) is 9.59 Å². The maximum Gasteiger partial charge on any atom is 0.408 e. The van der Waals surface area contributed by atoms with Gasteiger partial charge < -0.3 is 80.6 Å². The van der Waals surface area contributed by atoms with Gasteiger partial charge in [0.1, 0.15) is 41.0 Å². The maximum absolute atomic E-state index is 13.2. The lowest BCUT2D eigenvalue weighted by atomic mass is 9.95. The molecule has 5 heterocycles. The zero-order valence-electron chi connectivity index (χ0n) is 55.1. The first kappa shape index (κ1) is 78.6. The molecule has 12 N–H and O–H groups in total. The van der Waals surface area contributed by atoms with Crippen LogP contribution in [-0.2, 0) is 51.1 Å². The molecule has 4 aliphatic rings. The second-order valence-electron chi connectivity index (χ2n) is 23.7. The lowest BCUT2D eigenvalue weighted by Gasteiger charge is -2.31. The number of alkyl carbamates (subject to hydrolysis) is 2. The van der Waals surface area contributed by atoms with Crippen LogP contribution >= 0.6 is 23.2 Å². The third kappa shape index (κ3) is 25.5. The van der Waals surface area contributed by atoms with E-state index in [-0.39, 0.29) is 42.8 Å². The minimum atomic E-state index is -1.18. The molecule has 3 saturated heterocycles. The van der Waals surface area contributed by atoms with Gasteiger partial charge in [-0.15, -0.1) is 0 Å². The summed E-state index contributed by atoms with van der Waals surface area (Å²) in [5, 5.41) is 27.5. The molecule has 0 radical (unpaired) electrons. The number of carbonyl (C=O) groups is 7. The molecule has 0 saturated carbocycles. The molecular weight excluding hydrogens is 1290 g/mol. The number of methoxy groups -OCH3 is 2. The van der Waals surface area contributed by atoms with Crippen LogP contribution in [0.3, 0.4) is 0 Å². The molecule has 0 bridgehead atoms. The van der Waals surface area contributed by atoms with Crippen molar-refractivity contribution in [1.29, 1.82) is 0 Å². The molecule has 7 rings (SSSR count). The van der Waals surface area contributed by atoms with E-state index in [1.165, 1.54) is 14.2 Å². The van der Waals surface area contributed by atoms with Crippen molar-refractivity contribution in [3.05, 3.63) is 110 Å². The SMILES string of the molecule is CC(C)(C)OC(=O)N[C@@H](CN)C(=O)O.[C-]#[N+]NC(=NC[C@H](N)C(=O)OC)N1CCCC1.[C-]#[N+]NC(=NC[C@H](NC(=C)c1c(Cl)cc2c(c1Cl)CCN(C(=O)c1ccc3ccoc3c1)C2)C(=O)O)N1CCCC1.[C-]#[N+]NC(=NC[C@H](NC(=O)OC(C)(C)C)C(=O)OC)N1CCCC1. The summed E-state index contributed by atoms with van der Waals surface area (Å²) >= 11 is 13.5. The fraction of sp³-hybridized carbons (Fsp3) is 0.532. The van der Waals surface area contributed by atoms with Gasteiger partial charge in [0.25, 0.3) is 23.8 Å². The van der Waals surface area contributed by atoms with Crippen molar-refractivity contribution in [1.82, 2.24) is 51.8 Å². The number of esters is 2. The molecule has 34 heteroatoms. The van der Waals surface area contributed by atoms with Gasteiger partial charge in [-0.05, 0) is 122 Å². The van der Waals surface area contributed by atoms with Gasteiger partial charge in [0, 0.05) is 81.1 Å². The molecule has 0 aliphatic carbocycles. The van der Waals surface area contributed by atoms with Crippen LogP contribution in [0.1, 0.15) is 107 Å². The number of benzene rings is 2. The minimum Gasteiger partial charge on any atom is -0.480 e. The van der Waals surface area contributed by atoms with Crippen LogP contribution < -0.4 is 43.7 Å². The molecule has 96 heavy (non-hydrogen) atoms. The van der Waals surface area contributed by atoms with E-state index in [4.69, 9.17) is 73.4 Å². The van der Waals surface area contributed by atoms with Gasteiger partial charge in [0.15, 0.2) is 0 Å². The molecule has 3 aromatic rings. The van der Waals surface area contributed by atoms with Crippen molar-refractivity contribution in [3.8, 4) is 0 Å².